The summed E-state index contributed by atoms with van der Waals surface area (Å²) in [5, 5.41) is 15.9. The monoisotopic (exact) mass is 343 g/mol. The Morgan fingerprint density at radius 2 is 1.96 bits per heavy atom. The Morgan fingerprint density at radius 1 is 1.28 bits per heavy atom. The maximum absolute atomic E-state index is 12.6. The first kappa shape index (κ1) is 17.0. The molecule has 0 radical (unpaired) electrons. The first-order valence-corrected chi connectivity index (χ1v) is 8.27. The molecular weight excluding hydrogens is 322 g/mol. The number of H-pyrrole nitrogens is 1. The van der Waals surface area contributed by atoms with Gasteiger partial charge in [-0.15, -0.1) is 0 Å². The van der Waals surface area contributed by atoms with E-state index in [1.54, 1.807) is 18.1 Å². The Bertz CT molecular complexity index is 746. The standard InChI is InChI=1S/C18H21N3O4/c1-25-14-4-2-13(3-5-14)15-11-16(20-19-15)18(24)21-8-6-12(7-9-21)10-17(22)23/h2-5,11-12H,6-10H2,1H3,(H,19,20)(H,22,23). The van der Waals surface area contributed by atoms with E-state index in [0.29, 0.717) is 24.5 Å². The van der Waals surface area contributed by atoms with Gasteiger partial charge in [-0.05, 0) is 49.1 Å². The van der Waals surface area contributed by atoms with Crippen LogP contribution in [0.5, 0.6) is 5.75 Å². The van der Waals surface area contributed by atoms with Crippen LogP contribution in [0.1, 0.15) is 29.8 Å². The first-order valence-electron chi connectivity index (χ1n) is 8.27. The van der Waals surface area contributed by atoms with Crippen LogP contribution in [-0.2, 0) is 4.79 Å². The number of nitrogens with one attached hydrogen (secondary N) is 1. The molecule has 1 aromatic heterocycles. The van der Waals surface area contributed by atoms with E-state index in [2.05, 4.69) is 10.2 Å². The minimum absolute atomic E-state index is 0.0963. The van der Waals surface area contributed by atoms with Crippen molar-refractivity contribution in [3.8, 4) is 17.0 Å². The highest BCUT2D eigenvalue weighted by Crippen LogP contribution is 2.24. The highest BCUT2D eigenvalue weighted by atomic mass is 16.5. The van der Waals surface area contributed by atoms with Crippen molar-refractivity contribution in [1.82, 2.24) is 15.1 Å². The number of aromatic amines is 1. The molecule has 132 valence electrons. The van der Waals surface area contributed by atoms with Crippen LogP contribution in [0.25, 0.3) is 11.3 Å². The van der Waals surface area contributed by atoms with Gasteiger partial charge in [0, 0.05) is 25.1 Å². The molecule has 0 bridgehead atoms. The number of hydrogen-bond acceptors (Lipinski definition) is 4. The number of carbonyl (C=O) groups excluding carboxylic acids is 1. The Balaban J connectivity index is 1.64. The highest BCUT2D eigenvalue weighted by Gasteiger charge is 2.26. The summed E-state index contributed by atoms with van der Waals surface area (Å²) >= 11 is 0. The molecule has 1 amide bonds. The van der Waals surface area contributed by atoms with Crippen molar-refractivity contribution in [2.45, 2.75) is 19.3 Å². The number of carbonyl (C=O) groups is 2. The number of rotatable bonds is 5. The molecule has 2 N–H and O–H groups in total. The summed E-state index contributed by atoms with van der Waals surface area (Å²) in [7, 11) is 1.61. The summed E-state index contributed by atoms with van der Waals surface area (Å²) in [6.07, 6.45) is 1.61. The number of piperidine rings is 1. The summed E-state index contributed by atoms with van der Waals surface area (Å²) in [4.78, 5) is 25.1. The molecule has 25 heavy (non-hydrogen) atoms. The number of benzene rings is 1. The number of carboxylic acid groups (broad SMARTS) is 1. The van der Waals surface area contributed by atoms with Gasteiger partial charge in [-0.3, -0.25) is 14.7 Å². The van der Waals surface area contributed by atoms with Crippen LogP contribution in [0.15, 0.2) is 30.3 Å². The predicted octanol–water partition coefficient (Wildman–Crippen LogP) is 2.41. The molecule has 2 aromatic rings. The van der Waals surface area contributed by atoms with Crippen molar-refractivity contribution in [2.75, 3.05) is 20.2 Å². The number of aliphatic carboxylic acids is 1. The van der Waals surface area contributed by atoms with E-state index < -0.39 is 5.97 Å². The van der Waals surface area contributed by atoms with Gasteiger partial charge in [-0.25, -0.2) is 0 Å². The van der Waals surface area contributed by atoms with Crippen LogP contribution >= 0.6 is 0 Å². The van der Waals surface area contributed by atoms with Crippen molar-refractivity contribution in [3.63, 3.8) is 0 Å². The zero-order chi connectivity index (χ0) is 17.8. The van der Waals surface area contributed by atoms with E-state index >= 15 is 0 Å². The second-order valence-electron chi connectivity index (χ2n) is 6.23. The van der Waals surface area contributed by atoms with Crippen LogP contribution in [-0.4, -0.2) is 52.3 Å². The fourth-order valence-electron chi connectivity index (χ4n) is 3.10. The lowest BCUT2D eigenvalue weighted by atomic mass is 9.93. The summed E-state index contributed by atoms with van der Waals surface area (Å²) in [6.45, 7) is 1.15. The summed E-state index contributed by atoms with van der Waals surface area (Å²) in [6, 6.07) is 9.21. The minimum atomic E-state index is -0.775. The van der Waals surface area contributed by atoms with Crippen LogP contribution < -0.4 is 4.74 Å². The number of hydrogen-bond donors (Lipinski definition) is 2. The van der Waals surface area contributed by atoms with Gasteiger partial charge >= 0.3 is 5.97 Å². The fraction of sp³-hybridized carbons (Fsp3) is 0.389. The summed E-state index contributed by atoms with van der Waals surface area (Å²) in [5.41, 5.74) is 2.05. The maximum atomic E-state index is 12.6. The van der Waals surface area contributed by atoms with E-state index in [1.165, 1.54) is 0 Å². The largest absolute Gasteiger partial charge is 0.497 e. The molecule has 7 nitrogen and oxygen atoms in total. The fourth-order valence-corrected chi connectivity index (χ4v) is 3.10. The lowest BCUT2D eigenvalue weighted by Gasteiger charge is -2.30. The Morgan fingerprint density at radius 3 is 2.56 bits per heavy atom. The number of nitrogens with zero attached hydrogens (tertiary/aromatic N) is 2. The Labute approximate surface area is 145 Å². The molecule has 1 aliphatic heterocycles. The van der Waals surface area contributed by atoms with E-state index in [9.17, 15) is 9.59 Å². The summed E-state index contributed by atoms with van der Waals surface area (Å²) < 4.78 is 5.13. The van der Waals surface area contributed by atoms with Gasteiger partial charge in [0.2, 0.25) is 0 Å². The zero-order valence-corrected chi connectivity index (χ0v) is 14.1. The molecule has 7 heteroatoms. The van der Waals surface area contributed by atoms with Gasteiger partial charge in [0.1, 0.15) is 11.4 Å². The van der Waals surface area contributed by atoms with Crippen molar-refractivity contribution < 1.29 is 19.4 Å². The second kappa shape index (κ2) is 7.38. The third-order valence-corrected chi connectivity index (χ3v) is 4.56. The molecular formula is C18H21N3O4. The van der Waals surface area contributed by atoms with Gasteiger partial charge in [0.25, 0.3) is 5.91 Å². The topological polar surface area (TPSA) is 95.5 Å². The number of aromatic nitrogens is 2. The van der Waals surface area contributed by atoms with Gasteiger partial charge < -0.3 is 14.7 Å². The predicted molar refractivity (Wildman–Crippen MR) is 91.5 cm³/mol. The van der Waals surface area contributed by atoms with Gasteiger partial charge in [0.05, 0.1) is 12.8 Å². The third kappa shape index (κ3) is 3.99. The van der Waals surface area contributed by atoms with Crippen LogP contribution in [0.2, 0.25) is 0 Å². The second-order valence-corrected chi connectivity index (χ2v) is 6.23. The first-order chi connectivity index (χ1) is 12.1. The molecule has 2 heterocycles. The molecule has 3 rings (SSSR count). The smallest absolute Gasteiger partial charge is 0.303 e. The molecule has 1 aliphatic rings. The van der Waals surface area contributed by atoms with Crippen LogP contribution in [0, 0.1) is 5.92 Å². The molecule has 0 atom stereocenters. The Hall–Kier alpha value is -2.83. The van der Waals surface area contributed by atoms with Gasteiger partial charge in [-0.2, -0.15) is 5.10 Å². The molecule has 0 spiro atoms. The SMILES string of the molecule is COc1ccc(-c2cc(C(=O)N3CCC(CC(=O)O)CC3)[nH]n2)cc1. The lowest BCUT2D eigenvalue weighted by molar-refractivity contribution is -0.138. The van der Waals surface area contributed by atoms with Crippen LogP contribution in [0.3, 0.4) is 0 Å². The summed E-state index contributed by atoms with van der Waals surface area (Å²) in [5.74, 6) is 0.0431. The van der Waals surface area contributed by atoms with Crippen molar-refractivity contribution >= 4 is 11.9 Å². The highest BCUT2D eigenvalue weighted by molar-refractivity contribution is 5.93. The van der Waals surface area contributed by atoms with Crippen molar-refractivity contribution in [3.05, 3.63) is 36.0 Å². The lowest BCUT2D eigenvalue weighted by Crippen LogP contribution is -2.39. The van der Waals surface area contributed by atoms with E-state index in [-0.39, 0.29) is 18.2 Å². The zero-order valence-electron chi connectivity index (χ0n) is 14.1. The molecule has 0 aliphatic carbocycles. The van der Waals surface area contributed by atoms with Crippen molar-refractivity contribution in [1.29, 1.82) is 0 Å². The maximum Gasteiger partial charge on any atom is 0.303 e. The minimum Gasteiger partial charge on any atom is -0.497 e. The van der Waals surface area contributed by atoms with Gasteiger partial charge in [-0.1, -0.05) is 0 Å². The van der Waals surface area contributed by atoms with E-state index in [1.807, 2.05) is 24.3 Å². The number of likely N-dealkylation sites (tertiary alicyclic amines) is 1. The molecule has 1 saturated heterocycles. The average Bonchev–Trinajstić information content (AvgIpc) is 3.11. The number of ether oxygens (including phenoxy) is 1. The van der Waals surface area contributed by atoms with Crippen LogP contribution in [0.4, 0.5) is 0 Å². The number of methoxy groups -OCH3 is 1. The molecule has 0 unspecified atom stereocenters. The normalized spacial score (nSPS) is 15.2. The van der Waals surface area contributed by atoms with E-state index in [0.717, 1.165) is 24.2 Å². The Kier molecular flexibility index (Phi) is 5.02. The molecule has 1 fully saturated rings. The third-order valence-electron chi connectivity index (χ3n) is 4.56. The van der Waals surface area contributed by atoms with Gasteiger partial charge in [0.15, 0.2) is 0 Å². The van der Waals surface area contributed by atoms with Crippen molar-refractivity contribution in [2.24, 2.45) is 5.92 Å². The van der Waals surface area contributed by atoms with E-state index in [4.69, 9.17) is 9.84 Å². The number of carboxylic acids is 1. The average molecular weight is 343 g/mol. The quantitative estimate of drug-likeness (QED) is 0.869. The molecule has 0 saturated carbocycles. The number of amides is 1. The molecule has 1 aromatic carbocycles.